The van der Waals surface area contributed by atoms with Crippen molar-refractivity contribution in [2.24, 2.45) is 0 Å². The molecule has 0 saturated heterocycles. The van der Waals surface area contributed by atoms with Gasteiger partial charge in [0.25, 0.3) is 5.91 Å². The zero-order valence-corrected chi connectivity index (χ0v) is 23.5. The lowest BCUT2D eigenvalue weighted by atomic mass is 10.2. The molecule has 2 amide bonds. The van der Waals surface area contributed by atoms with Gasteiger partial charge in [0.05, 0.1) is 11.4 Å². The lowest BCUT2D eigenvalue weighted by Gasteiger charge is -2.26. The van der Waals surface area contributed by atoms with Crippen LogP contribution in [-0.4, -0.2) is 61.0 Å². The smallest absolute Gasteiger partial charge is 0.410 e. The second-order valence-corrected chi connectivity index (χ2v) is 11.0. The molecular formula is C27H28ClF2N3O7S. The van der Waals surface area contributed by atoms with Gasteiger partial charge in [0.1, 0.15) is 12.4 Å². The summed E-state index contributed by atoms with van der Waals surface area (Å²) in [7, 11) is -4.71. The third-order valence-electron chi connectivity index (χ3n) is 5.66. The summed E-state index contributed by atoms with van der Waals surface area (Å²) in [6.45, 7) is 0.407. The number of rotatable bonds is 13. The summed E-state index contributed by atoms with van der Waals surface area (Å²) >= 11 is 5.80. The summed E-state index contributed by atoms with van der Waals surface area (Å²) in [5.41, 5.74) is 2.07. The number of ether oxygens (including phenoxy) is 2. The third kappa shape index (κ3) is 8.85. The number of nitrogens with one attached hydrogen (secondary N) is 1. The van der Waals surface area contributed by atoms with Crippen LogP contribution in [0.15, 0.2) is 71.6 Å². The van der Waals surface area contributed by atoms with E-state index in [4.69, 9.17) is 26.3 Å². The topological polar surface area (TPSA) is 125 Å². The van der Waals surface area contributed by atoms with Crippen molar-refractivity contribution in [1.82, 2.24) is 14.7 Å². The summed E-state index contributed by atoms with van der Waals surface area (Å²) in [6, 6.07) is 15.6. The van der Waals surface area contributed by atoms with E-state index >= 15 is 0 Å². The van der Waals surface area contributed by atoms with E-state index in [2.05, 4.69) is 0 Å². The van der Waals surface area contributed by atoms with E-state index in [1.165, 1.54) is 34.6 Å². The van der Waals surface area contributed by atoms with E-state index in [0.717, 1.165) is 5.56 Å². The minimum atomic E-state index is -4.71. The van der Waals surface area contributed by atoms with Crippen LogP contribution in [0.25, 0.3) is 0 Å². The van der Waals surface area contributed by atoms with Crippen LogP contribution in [0.1, 0.15) is 18.9 Å². The van der Waals surface area contributed by atoms with Gasteiger partial charge in [0.2, 0.25) is 10.0 Å². The largest absolute Gasteiger partial charge is 0.451 e. The van der Waals surface area contributed by atoms with E-state index in [-0.39, 0.29) is 25.4 Å². The first-order valence-corrected chi connectivity index (χ1v) is 14.2. The van der Waals surface area contributed by atoms with Gasteiger partial charge in [-0.3, -0.25) is 10.0 Å². The molecule has 0 bridgehead atoms. The van der Waals surface area contributed by atoms with Gasteiger partial charge >= 0.3 is 6.09 Å². The van der Waals surface area contributed by atoms with Crippen molar-refractivity contribution >= 4 is 33.6 Å². The molecular weight excluding hydrogens is 584 g/mol. The molecule has 0 aliphatic heterocycles. The molecule has 0 radical (unpaired) electrons. The second kappa shape index (κ2) is 14.7. The van der Waals surface area contributed by atoms with Crippen molar-refractivity contribution in [1.29, 1.82) is 0 Å². The minimum absolute atomic E-state index is 0.0161. The van der Waals surface area contributed by atoms with E-state index in [1.807, 2.05) is 6.07 Å². The molecule has 3 aromatic carbocycles. The Morgan fingerprint density at radius 1 is 0.976 bits per heavy atom. The maximum absolute atomic E-state index is 14.9. The van der Waals surface area contributed by atoms with E-state index in [0.29, 0.717) is 27.9 Å². The van der Waals surface area contributed by atoms with Crippen LogP contribution >= 0.6 is 11.6 Å². The maximum Gasteiger partial charge on any atom is 0.410 e. The first kappa shape index (κ1) is 31.7. The van der Waals surface area contributed by atoms with Gasteiger partial charge < -0.3 is 14.4 Å². The molecule has 10 nitrogen and oxygen atoms in total. The van der Waals surface area contributed by atoms with E-state index in [1.54, 1.807) is 31.2 Å². The van der Waals surface area contributed by atoms with Crippen LogP contribution in [-0.2, 0) is 26.2 Å². The van der Waals surface area contributed by atoms with Crippen molar-refractivity contribution in [2.45, 2.75) is 24.8 Å². The van der Waals surface area contributed by atoms with Crippen LogP contribution in [0.3, 0.4) is 0 Å². The van der Waals surface area contributed by atoms with Crippen LogP contribution < -0.4 is 10.2 Å². The number of carbonyl (C=O) groups is 2. The molecule has 0 fully saturated rings. The van der Waals surface area contributed by atoms with Crippen LogP contribution in [0.4, 0.5) is 13.6 Å². The highest BCUT2D eigenvalue weighted by Gasteiger charge is 2.30. The Morgan fingerprint density at radius 3 is 2.20 bits per heavy atom. The van der Waals surface area contributed by atoms with Crippen molar-refractivity contribution in [3.8, 4) is 11.5 Å². The number of nitrogens with zero attached hydrogens (tertiary/aromatic N) is 2. The molecule has 41 heavy (non-hydrogen) atoms. The molecule has 0 aromatic heterocycles. The molecule has 0 unspecified atom stereocenters. The Balaban J connectivity index is 1.80. The van der Waals surface area contributed by atoms with Crippen molar-refractivity contribution in [3.05, 3.63) is 89.0 Å². The molecule has 2 N–H and O–H groups in total. The number of hydrogen-bond acceptors (Lipinski definition) is 7. The monoisotopic (exact) mass is 611 g/mol. The number of halogens is 3. The quantitative estimate of drug-likeness (QED) is 0.207. The molecule has 0 aliphatic carbocycles. The first-order valence-electron chi connectivity index (χ1n) is 12.4. The summed E-state index contributed by atoms with van der Waals surface area (Å²) in [6.07, 6.45) is -0.212. The number of sulfonamides is 1. The first-order chi connectivity index (χ1) is 19.5. The predicted molar refractivity (Wildman–Crippen MR) is 145 cm³/mol. The van der Waals surface area contributed by atoms with E-state index in [9.17, 15) is 26.8 Å². The molecule has 3 aromatic rings. The molecule has 3 rings (SSSR count). The highest BCUT2D eigenvalue weighted by molar-refractivity contribution is 7.89. The number of hydroxylamine groups is 1. The molecule has 220 valence electrons. The van der Waals surface area contributed by atoms with Gasteiger partial charge in [0.15, 0.2) is 17.4 Å². The Hall–Kier alpha value is -3.78. The second-order valence-electron chi connectivity index (χ2n) is 8.67. The average molecular weight is 612 g/mol. The number of carbonyl (C=O) groups excluding carboxylic acids is 2. The fraction of sp³-hybridized carbons (Fsp3) is 0.259. The summed E-state index contributed by atoms with van der Waals surface area (Å²) in [5, 5.41) is 9.35. The summed E-state index contributed by atoms with van der Waals surface area (Å²) < 4.78 is 67.7. The lowest BCUT2D eigenvalue weighted by Crippen LogP contribution is -2.45. The Morgan fingerprint density at radius 2 is 1.61 bits per heavy atom. The van der Waals surface area contributed by atoms with Gasteiger partial charge in [-0.1, -0.05) is 48.9 Å². The third-order valence-corrected chi connectivity index (χ3v) is 7.74. The van der Waals surface area contributed by atoms with Gasteiger partial charge in [-0.25, -0.2) is 27.5 Å². The Labute approximate surface area is 241 Å². The van der Waals surface area contributed by atoms with Crippen LogP contribution in [0.2, 0.25) is 5.02 Å². The zero-order chi connectivity index (χ0) is 30.0. The summed E-state index contributed by atoms with van der Waals surface area (Å²) in [4.78, 5) is 25.1. The molecule has 0 heterocycles. The fourth-order valence-corrected chi connectivity index (χ4v) is 5.18. The fourth-order valence-electron chi connectivity index (χ4n) is 3.64. The van der Waals surface area contributed by atoms with Crippen molar-refractivity contribution in [3.63, 3.8) is 0 Å². The lowest BCUT2D eigenvalue weighted by molar-refractivity contribution is -0.129. The summed E-state index contributed by atoms with van der Waals surface area (Å²) in [5.74, 6) is -4.53. The van der Waals surface area contributed by atoms with Crippen LogP contribution in [0.5, 0.6) is 11.5 Å². The number of hydrogen-bond donors (Lipinski definition) is 2. The van der Waals surface area contributed by atoms with Gasteiger partial charge in [0, 0.05) is 24.7 Å². The molecule has 0 aliphatic rings. The minimum Gasteiger partial charge on any atom is -0.451 e. The predicted octanol–water partition coefficient (Wildman–Crippen LogP) is 4.96. The molecule has 0 saturated carbocycles. The van der Waals surface area contributed by atoms with Gasteiger partial charge in [-0.05, 0) is 48.4 Å². The van der Waals surface area contributed by atoms with Gasteiger partial charge in [-0.15, -0.1) is 0 Å². The van der Waals surface area contributed by atoms with Gasteiger partial charge in [-0.2, -0.15) is 4.31 Å². The molecule has 14 heteroatoms. The highest BCUT2D eigenvalue weighted by atomic mass is 35.5. The number of amides is 2. The Kier molecular flexibility index (Phi) is 11.4. The van der Waals surface area contributed by atoms with Crippen LogP contribution in [0, 0.1) is 11.6 Å². The SMILES string of the molecule is CCCN(CCN(CC(=O)NO)S(=O)(=O)c1cc(F)c(Oc2ccc(Cl)cc2)c(F)c1)C(=O)OCc1ccccc1. The maximum atomic E-state index is 14.9. The van der Waals surface area contributed by atoms with Crippen molar-refractivity contribution < 1.29 is 41.5 Å². The van der Waals surface area contributed by atoms with E-state index < -0.39 is 57.4 Å². The Bertz CT molecular complexity index is 1420. The standard InChI is InChI=1S/C27H28ClF2N3O7S/c1-2-12-32(27(35)39-18-19-6-4-3-5-7-19)13-14-33(17-25(34)31-36)41(37,38)22-15-23(29)26(24(30)16-22)40-21-10-8-20(28)9-11-21/h3-11,15-16,36H,2,12-14,17-18H2,1H3,(H,31,34). The molecule has 0 spiro atoms. The normalized spacial score (nSPS) is 11.3. The average Bonchev–Trinajstić information content (AvgIpc) is 2.96. The number of benzene rings is 3. The van der Waals surface area contributed by atoms with Crippen molar-refractivity contribution in [2.75, 3.05) is 26.2 Å². The highest BCUT2D eigenvalue weighted by Crippen LogP contribution is 2.31. The molecule has 0 atom stereocenters. The zero-order valence-electron chi connectivity index (χ0n) is 21.9.